The molecule has 0 saturated carbocycles. The molecule has 0 aliphatic heterocycles. The number of hydrogen-bond donors (Lipinski definition) is 0. The summed E-state index contributed by atoms with van der Waals surface area (Å²) in [5, 5.41) is 0.448. The van der Waals surface area contributed by atoms with E-state index >= 15 is 0 Å². The predicted molar refractivity (Wildman–Crippen MR) is 92.1 cm³/mol. The van der Waals surface area contributed by atoms with Crippen LogP contribution in [-0.4, -0.2) is 0 Å². The fourth-order valence-electron chi connectivity index (χ4n) is 2.44. The molecule has 0 spiro atoms. The van der Waals surface area contributed by atoms with Crippen LogP contribution in [0.4, 0.5) is 4.39 Å². The van der Waals surface area contributed by atoms with Gasteiger partial charge in [-0.2, -0.15) is 0 Å². The molecule has 0 aliphatic carbocycles. The van der Waals surface area contributed by atoms with Crippen LogP contribution >= 0.6 is 27.5 Å². The zero-order valence-electron chi connectivity index (χ0n) is 12.7. The van der Waals surface area contributed by atoms with Gasteiger partial charge in [0.2, 0.25) is 0 Å². The Balaban J connectivity index is 2.56. The molecule has 3 heteroatoms. The SMILES string of the molecule is Cc1cc(C(Br)c2ccccc2C(C)(C)C)c(Cl)cc1F. The second-order valence-electron chi connectivity index (χ2n) is 6.32. The Hall–Kier alpha value is -0.860. The molecule has 0 radical (unpaired) electrons. The fraction of sp³-hybridized carbons (Fsp3) is 0.333. The van der Waals surface area contributed by atoms with E-state index in [4.69, 9.17) is 11.6 Å². The molecule has 0 aromatic heterocycles. The van der Waals surface area contributed by atoms with E-state index in [1.54, 1.807) is 6.92 Å². The second-order valence-corrected chi connectivity index (χ2v) is 7.65. The minimum absolute atomic E-state index is 0.0319. The van der Waals surface area contributed by atoms with E-state index in [0.717, 1.165) is 11.1 Å². The Morgan fingerprint density at radius 3 is 2.33 bits per heavy atom. The van der Waals surface area contributed by atoms with Crippen molar-refractivity contribution in [3.05, 3.63) is 69.5 Å². The van der Waals surface area contributed by atoms with E-state index < -0.39 is 0 Å². The van der Waals surface area contributed by atoms with Gasteiger partial charge in [0.15, 0.2) is 0 Å². The van der Waals surface area contributed by atoms with Crippen LogP contribution in [0, 0.1) is 12.7 Å². The standard InChI is InChI=1S/C18H19BrClF/c1-11-9-13(15(20)10-16(11)21)17(19)12-7-5-6-8-14(12)18(2,3)4/h5-10,17H,1-4H3. The highest BCUT2D eigenvalue weighted by Crippen LogP contribution is 2.40. The molecule has 112 valence electrons. The molecule has 21 heavy (non-hydrogen) atoms. The van der Waals surface area contributed by atoms with E-state index in [1.165, 1.54) is 11.6 Å². The van der Waals surface area contributed by atoms with Crippen LogP contribution in [0.25, 0.3) is 0 Å². The second kappa shape index (κ2) is 6.10. The van der Waals surface area contributed by atoms with Crippen molar-refractivity contribution in [2.45, 2.75) is 37.9 Å². The Bertz CT molecular complexity index is 659. The third-order valence-corrected chi connectivity index (χ3v) is 4.91. The Morgan fingerprint density at radius 1 is 1.10 bits per heavy atom. The summed E-state index contributed by atoms with van der Waals surface area (Å²) in [6.45, 7) is 8.31. The first-order valence-corrected chi connectivity index (χ1v) is 8.20. The summed E-state index contributed by atoms with van der Waals surface area (Å²) in [5.74, 6) is -0.271. The summed E-state index contributed by atoms with van der Waals surface area (Å²) in [6, 6.07) is 11.5. The largest absolute Gasteiger partial charge is 0.207 e. The van der Waals surface area contributed by atoms with Crippen molar-refractivity contribution < 1.29 is 4.39 Å². The lowest BCUT2D eigenvalue weighted by Crippen LogP contribution is -2.15. The number of rotatable bonds is 2. The van der Waals surface area contributed by atoms with Crippen LogP contribution < -0.4 is 0 Å². The number of benzene rings is 2. The maximum absolute atomic E-state index is 13.6. The average Bonchev–Trinajstić information content (AvgIpc) is 2.41. The first-order valence-electron chi connectivity index (χ1n) is 6.91. The van der Waals surface area contributed by atoms with Crippen molar-refractivity contribution >= 4 is 27.5 Å². The van der Waals surface area contributed by atoms with Gasteiger partial charge in [-0.3, -0.25) is 0 Å². The van der Waals surface area contributed by atoms with Crippen LogP contribution in [0.2, 0.25) is 5.02 Å². The summed E-state index contributed by atoms with van der Waals surface area (Å²) in [6.07, 6.45) is 0. The lowest BCUT2D eigenvalue weighted by atomic mass is 9.82. The summed E-state index contributed by atoms with van der Waals surface area (Å²) < 4.78 is 13.6. The van der Waals surface area contributed by atoms with Gasteiger partial charge in [-0.15, -0.1) is 0 Å². The number of aryl methyl sites for hydroxylation is 1. The molecule has 0 saturated heterocycles. The van der Waals surface area contributed by atoms with Crippen molar-refractivity contribution in [1.29, 1.82) is 0 Å². The molecule has 2 rings (SSSR count). The normalized spacial score (nSPS) is 13.3. The highest BCUT2D eigenvalue weighted by molar-refractivity contribution is 9.09. The van der Waals surface area contributed by atoms with Gasteiger partial charge in [-0.1, -0.05) is 78.6 Å². The molecule has 0 aliphatic rings. The Kier molecular flexibility index (Phi) is 4.79. The molecular formula is C18H19BrClF. The van der Waals surface area contributed by atoms with Gasteiger partial charge in [0.1, 0.15) is 5.82 Å². The van der Waals surface area contributed by atoms with Crippen LogP contribution in [0.3, 0.4) is 0 Å². The smallest absolute Gasteiger partial charge is 0.127 e. The highest BCUT2D eigenvalue weighted by Gasteiger charge is 2.23. The van der Waals surface area contributed by atoms with Crippen molar-refractivity contribution in [1.82, 2.24) is 0 Å². The molecule has 0 bridgehead atoms. The van der Waals surface area contributed by atoms with Crippen LogP contribution in [-0.2, 0) is 5.41 Å². The van der Waals surface area contributed by atoms with Crippen molar-refractivity contribution in [3.8, 4) is 0 Å². The lowest BCUT2D eigenvalue weighted by Gasteiger charge is -2.26. The monoisotopic (exact) mass is 368 g/mol. The first-order chi connectivity index (χ1) is 9.71. The molecule has 0 fully saturated rings. The number of halogens is 3. The van der Waals surface area contributed by atoms with E-state index in [0.29, 0.717) is 10.6 Å². The van der Waals surface area contributed by atoms with Crippen molar-refractivity contribution in [2.24, 2.45) is 0 Å². The molecule has 2 aromatic rings. The number of alkyl halides is 1. The molecule has 2 aromatic carbocycles. The maximum atomic E-state index is 13.6. The van der Waals surface area contributed by atoms with E-state index in [-0.39, 0.29) is 16.1 Å². The molecule has 1 atom stereocenters. The van der Waals surface area contributed by atoms with Gasteiger partial charge < -0.3 is 0 Å². The van der Waals surface area contributed by atoms with Gasteiger partial charge in [0, 0.05) is 5.02 Å². The third-order valence-electron chi connectivity index (χ3n) is 3.59. The molecule has 0 amide bonds. The van der Waals surface area contributed by atoms with Gasteiger partial charge in [0.05, 0.1) is 4.83 Å². The van der Waals surface area contributed by atoms with Gasteiger partial charge in [0.25, 0.3) is 0 Å². The van der Waals surface area contributed by atoms with Gasteiger partial charge in [-0.05, 0) is 40.7 Å². The van der Waals surface area contributed by atoms with E-state index in [1.807, 2.05) is 18.2 Å². The first kappa shape index (κ1) is 16.5. The van der Waals surface area contributed by atoms with Crippen molar-refractivity contribution in [3.63, 3.8) is 0 Å². The van der Waals surface area contributed by atoms with E-state index in [2.05, 4.69) is 48.8 Å². The average molecular weight is 370 g/mol. The minimum Gasteiger partial charge on any atom is -0.207 e. The summed E-state index contributed by atoms with van der Waals surface area (Å²) in [7, 11) is 0. The third kappa shape index (κ3) is 3.49. The maximum Gasteiger partial charge on any atom is 0.127 e. The minimum atomic E-state index is -0.271. The van der Waals surface area contributed by atoms with Gasteiger partial charge in [-0.25, -0.2) is 4.39 Å². The summed E-state index contributed by atoms with van der Waals surface area (Å²) in [4.78, 5) is -0.0558. The number of hydrogen-bond acceptors (Lipinski definition) is 0. The van der Waals surface area contributed by atoms with E-state index in [9.17, 15) is 4.39 Å². The Morgan fingerprint density at radius 2 is 1.71 bits per heavy atom. The lowest BCUT2D eigenvalue weighted by molar-refractivity contribution is 0.583. The molecule has 0 nitrogen and oxygen atoms in total. The van der Waals surface area contributed by atoms with Crippen LogP contribution in [0.5, 0.6) is 0 Å². The highest BCUT2D eigenvalue weighted by atomic mass is 79.9. The fourth-order valence-corrected chi connectivity index (χ4v) is 3.61. The zero-order valence-corrected chi connectivity index (χ0v) is 15.0. The van der Waals surface area contributed by atoms with Crippen molar-refractivity contribution in [2.75, 3.05) is 0 Å². The quantitative estimate of drug-likeness (QED) is 0.525. The Labute approximate surface area is 139 Å². The predicted octanol–water partition coefficient (Wildman–Crippen LogP) is 6.57. The summed E-state index contributed by atoms with van der Waals surface area (Å²) >= 11 is 9.98. The molecule has 0 heterocycles. The van der Waals surface area contributed by atoms with Crippen LogP contribution in [0.15, 0.2) is 36.4 Å². The molecule has 0 N–H and O–H groups in total. The molecular weight excluding hydrogens is 351 g/mol. The molecule has 1 unspecified atom stereocenters. The summed E-state index contributed by atoms with van der Waals surface area (Å²) in [5.41, 5.74) is 3.95. The van der Waals surface area contributed by atoms with Gasteiger partial charge >= 0.3 is 0 Å². The topological polar surface area (TPSA) is 0 Å². The van der Waals surface area contributed by atoms with Crippen LogP contribution in [0.1, 0.15) is 47.9 Å². The zero-order chi connectivity index (χ0) is 15.8.